The zero-order valence-corrected chi connectivity index (χ0v) is 12.2. The van der Waals surface area contributed by atoms with Crippen LogP contribution in [0, 0.1) is 13.8 Å². The minimum absolute atomic E-state index is 0.315. The van der Waals surface area contributed by atoms with E-state index in [0.29, 0.717) is 17.9 Å². The van der Waals surface area contributed by atoms with E-state index in [4.69, 9.17) is 4.74 Å². The Labute approximate surface area is 114 Å². The highest BCUT2D eigenvalue weighted by Gasteiger charge is 2.13. The standard InChI is InChI=1S/C14H14BrNO2/c1-4-18-14(17)11-7-10-5-6-12(15)8(2)13(10)16-9(11)3/h5-7H,4H2,1-3H3. The first-order chi connectivity index (χ1) is 8.54. The van der Waals surface area contributed by atoms with Crippen LogP contribution in [0.4, 0.5) is 0 Å². The van der Waals surface area contributed by atoms with Crippen molar-refractivity contribution >= 4 is 32.8 Å². The molecule has 0 unspecified atom stereocenters. The molecular weight excluding hydrogens is 294 g/mol. The van der Waals surface area contributed by atoms with Crippen molar-refractivity contribution in [1.29, 1.82) is 0 Å². The van der Waals surface area contributed by atoms with Gasteiger partial charge in [-0.1, -0.05) is 22.0 Å². The van der Waals surface area contributed by atoms with Gasteiger partial charge in [0.2, 0.25) is 0 Å². The Morgan fingerprint density at radius 1 is 1.39 bits per heavy atom. The summed E-state index contributed by atoms with van der Waals surface area (Å²) >= 11 is 3.48. The number of aryl methyl sites for hydroxylation is 2. The van der Waals surface area contributed by atoms with E-state index < -0.39 is 0 Å². The van der Waals surface area contributed by atoms with Gasteiger partial charge in [0.15, 0.2) is 0 Å². The predicted molar refractivity (Wildman–Crippen MR) is 74.9 cm³/mol. The fourth-order valence-electron chi connectivity index (χ4n) is 1.86. The summed E-state index contributed by atoms with van der Waals surface area (Å²) in [5.74, 6) is -0.315. The largest absolute Gasteiger partial charge is 0.462 e. The van der Waals surface area contributed by atoms with Crippen LogP contribution in [0.25, 0.3) is 10.9 Å². The molecule has 0 radical (unpaired) electrons. The van der Waals surface area contributed by atoms with Crippen molar-refractivity contribution in [2.45, 2.75) is 20.8 Å². The number of esters is 1. The molecule has 0 atom stereocenters. The van der Waals surface area contributed by atoms with Gasteiger partial charge in [-0.3, -0.25) is 4.98 Å². The molecule has 0 bridgehead atoms. The predicted octanol–water partition coefficient (Wildman–Crippen LogP) is 3.79. The summed E-state index contributed by atoms with van der Waals surface area (Å²) in [4.78, 5) is 16.3. The first-order valence-electron chi connectivity index (χ1n) is 5.78. The van der Waals surface area contributed by atoms with Crippen molar-refractivity contribution in [3.05, 3.63) is 39.5 Å². The highest BCUT2D eigenvalue weighted by atomic mass is 79.9. The molecule has 1 heterocycles. The number of hydrogen-bond acceptors (Lipinski definition) is 3. The molecular formula is C14H14BrNO2. The number of ether oxygens (including phenoxy) is 1. The second-order valence-corrected chi connectivity index (χ2v) is 4.94. The zero-order valence-electron chi connectivity index (χ0n) is 10.6. The molecule has 0 aliphatic heterocycles. The lowest BCUT2D eigenvalue weighted by molar-refractivity contribution is 0.0525. The summed E-state index contributed by atoms with van der Waals surface area (Å²) in [6.45, 7) is 5.99. The number of carbonyl (C=O) groups excluding carboxylic acids is 1. The molecule has 0 saturated carbocycles. The molecule has 1 aromatic heterocycles. The summed E-state index contributed by atoms with van der Waals surface area (Å²) in [5.41, 5.74) is 3.22. The van der Waals surface area contributed by atoms with Gasteiger partial charge in [0.05, 0.1) is 23.4 Å². The number of fused-ring (bicyclic) bond motifs is 1. The summed E-state index contributed by atoms with van der Waals surface area (Å²) in [6.07, 6.45) is 0. The van der Waals surface area contributed by atoms with Crippen LogP contribution in [-0.4, -0.2) is 17.6 Å². The molecule has 3 nitrogen and oxygen atoms in total. The van der Waals surface area contributed by atoms with Crippen LogP contribution in [0.5, 0.6) is 0 Å². The summed E-state index contributed by atoms with van der Waals surface area (Å²) in [7, 11) is 0. The van der Waals surface area contributed by atoms with Gasteiger partial charge in [0.1, 0.15) is 0 Å². The van der Waals surface area contributed by atoms with Crippen molar-refractivity contribution in [3.63, 3.8) is 0 Å². The SMILES string of the molecule is CCOC(=O)c1cc2ccc(Br)c(C)c2nc1C. The number of benzene rings is 1. The molecule has 94 valence electrons. The van der Waals surface area contributed by atoms with Gasteiger partial charge in [0.25, 0.3) is 0 Å². The fourth-order valence-corrected chi connectivity index (χ4v) is 2.18. The highest BCUT2D eigenvalue weighted by Crippen LogP contribution is 2.26. The van der Waals surface area contributed by atoms with E-state index in [9.17, 15) is 4.79 Å². The van der Waals surface area contributed by atoms with E-state index in [1.807, 2.05) is 32.0 Å². The van der Waals surface area contributed by atoms with E-state index in [1.54, 1.807) is 6.92 Å². The molecule has 0 aliphatic rings. The van der Waals surface area contributed by atoms with Gasteiger partial charge in [-0.05, 0) is 38.5 Å². The lowest BCUT2D eigenvalue weighted by Gasteiger charge is -2.09. The molecule has 0 saturated heterocycles. The van der Waals surface area contributed by atoms with Crippen molar-refractivity contribution in [2.24, 2.45) is 0 Å². The van der Waals surface area contributed by atoms with E-state index in [1.165, 1.54) is 0 Å². The molecule has 2 aromatic rings. The van der Waals surface area contributed by atoms with Crippen LogP contribution in [0.15, 0.2) is 22.7 Å². The van der Waals surface area contributed by atoms with Gasteiger partial charge < -0.3 is 4.74 Å². The molecule has 0 amide bonds. The molecule has 1 aromatic carbocycles. The number of rotatable bonds is 2. The monoisotopic (exact) mass is 307 g/mol. The van der Waals surface area contributed by atoms with Crippen LogP contribution in [0.3, 0.4) is 0 Å². The zero-order chi connectivity index (χ0) is 13.3. The van der Waals surface area contributed by atoms with Gasteiger partial charge in [-0.2, -0.15) is 0 Å². The molecule has 18 heavy (non-hydrogen) atoms. The fraction of sp³-hybridized carbons (Fsp3) is 0.286. The maximum Gasteiger partial charge on any atom is 0.339 e. The summed E-state index contributed by atoms with van der Waals surface area (Å²) in [5, 5.41) is 0.948. The number of nitrogens with zero attached hydrogens (tertiary/aromatic N) is 1. The van der Waals surface area contributed by atoms with Gasteiger partial charge in [-0.25, -0.2) is 4.79 Å². The third kappa shape index (κ3) is 2.25. The Morgan fingerprint density at radius 3 is 2.78 bits per heavy atom. The molecule has 0 aliphatic carbocycles. The van der Waals surface area contributed by atoms with Gasteiger partial charge in [0, 0.05) is 9.86 Å². The van der Waals surface area contributed by atoms with Crippen LogP contribution < -0.4 is 0 Å². The normalized spacial score (nSPS) is 10.7. The van der Waals surface area contributed by atoms with Crippen molar-refractivity contribution in [2.75, 3.05) is 6.61 Å². The quantitative estimate of drug-likeness (QED) is 0.792. The molecule has 0 N–H and O–H groups in total. The van der Waals surface area contributed by atoms with Gasteiger partial charge in [-0.15, -0.1) is 0 Å². The number of aromatic nitrogens is 1. The Morgan fingerprint density at radius 2 is 2.11 bits per heavy atom. The van der Waals surface area contributed by atoms with E-state index in [-0.39, 0.29) is 5.97 Å². The topological polar surface area (TPSA) is 39.2 Å². The maximum atomic E-state index is 11.8. The van der Waals surface area contributed by atoms with Crippen LogP contribution in [0.1, 0.15) is 28.5 Å². The van der Waals surface area contributed by atoms with E-state index in [2.05, 4.69) is 20.9 Å². The van der Waals surface area contributed by atoms with Gasteiger partial charge >= 0.3 is 5.97 Å². The third-order valence-electron chi connectivity index (χ3n) is 2.86. The molecule has 0 spiro atoms. The van der Waals surface area contributed by atoms with Crippen LogP contribution in [0.2, 0.25) is 0 Å². The second kappa shape index (κ2) is 5.06. The lowest BCUT2D eigenvalue weighted by Crippen LogP contribution is -2.08. The smallest absolute Gasteiger partial charge is 0.339 e. The Kier molecular flexibility index (Phi) is 3.66. The number of carbonyl (C=O) groups is 1. The van der Waals surface area contributed by atoms with Crippen LogP contribution in [-0.2, 0) is 4.74 Å². The van der Waals surface area contributed by atoms with E-state index in [0.717, 1.165) is 20.9 Å². The third-order valence-corrected chi connectivity index (χ3v) is 3.72. The Bertz CT molecular complexity index is 623. The highest BCUT2D eigenvalue weighted by molar-refractivity contribution is 9.10. The minimum atomic E-state index is -0.315. The van der Waals surface area contributed by atoms with Crippen LogP contribution >= 0.6 is 15.9 Å². The average molecular weight is 308 g/mol. The molecule has 0 fully saturated rings. The number of pyridine rings is 1. The van der Waals surface area contributed by atoms with Crippen molar-refractivity contribution < 1.29 is 9.53 Å². The van der Waals surface area contributed by atoms with Crippen molar-refractivity contribution in [3.8, 4) is 0 Å². The average Bonchev–Trinajstić information content (AvgIpc) is 2.34. The summed E-state index contributed by atoms with van der Waals surface area (Å²) in [6, 6.07) is 5.75. The van der Waals surface area contributed by atoms with E-state index >= 15 is 0 Å². The maximum absolute atomic E-state index is 11.8. The second-order valence-electron chi connectivity index (χ2n) is 4.09. The molecule has 4 heteroatoms. The number of hydrogen-bond donors (Lipinski definition) is 0. The Hall–Kier alpha value is -1.42. The molecule has 2 rings (SSSR count). The lowest BCUT2D eigenvalue weighted by atomic mass is 10.1. The minimum Gasteiger partial charge on any atom is -0.462 e. The first-order valence-corrected chi connectivity index (χ1v) is 6.57. The first kappa shape index (κ1) is 13.0. The number of halogens is 1. The Balaban J connectivity index is 2.63. The summed E-state index contributed by atoms with van der Waals surface area (Å²) < 4.78 is 6.04. The van der Waals surface area contributed by atoms with Crippen molar-refractivity contribution in [1.82, 2.24) is 4.98 Å².